The van der Waals surface area contributed by atoms with Gasteiger partial charge < -0.3 is 9.47 Å². The summed E-state index contributed by atoms with van der Waals surface area (Å²) in [5, 5.41) is 0. The normalized spacial score (nSPS) is 10.5. The minimum atomic E-state index is 0.948. The molecule has 0 saturated heterocycles. The van der Waals surface area contributed by atoms with Gasteiger partial charge in [-0.25, -0.2) is 0 Å². The number of benzene rings is 2. The standard InChI is InChI=1S/C17H18I2O2/c1-20-16-8-6-12(10-14(16)18)4-3-5-13-7-9-17(21-2)15(19)11-13/h6-11H,3-5H2,1-2H3. The van der Waals surface area contributed by atoms with Crippen molar-refractivity contribution in [3.63, 3.8) is 0 Å². The smallest absolute Gasteiger partial charge is 0.132 e. The predicted molar refractivity (Wildman–Crippen MR) is 103 cm³/mol. The van der Waals surface area contributed by atoms with Crippen molar-refractivity contribution in [3.05, 3.63) is 54.7 Å². The van der Waals surface area contributed by atoms with Crippen molar-refractivity contribution in [1.82, 2.24) is 0 Å². The monoisotopic (exact) mass is 508 g/mol. The van der Waals surface area contributed by atoms with Crippen molar-refractivity contribution in [2.24, 2.45) is 0 Å². The van der Waals surface area contributed by atoms with Crippen LogP contribution in [0.4, 0.5) is 0 Å². The Morgan fingerprint density at radius 2 is 1.19 bits per heavy atom. The molecule has 0 aliphatic carbocycles. The number of ether oxygens (including phenoxy) is 2. The second-order valence-electron chi connectivity index (χ2n) is 4.79. The Kier molecular flexibility index (Phi) is 6.60. The minimum Gasteiger partial charge on any atom is -0.496 e. The molecule has 0 atom stereocenters. The van der Waals surface area contributed by atoms with Crippen LogP contribution < -0.4 is 9.47 Å². The molecule has 2 aromatic carbocycles. The van der Waals surface area contributed by atoms with E-state index in [1.165, 1.54) is 18.3 Å². The minimum absolute atomic E-state index is 0.948. The first-order valence-electron chi connectivity index (χ1n) is 6.79. The first kappa shape index (κ1) is 16.9. The molecule has 0 aliphatic rings. The molecule has 0 radical (unpaired) electrons. The Hall–Kier alpha value is -0.500. The number of rotatable bonds is 6. The maximum absolute atomic E-state index is 5.29. The highest BCUT2D eigenvalue weighted by Gasteiger charge is 2.04. The molecular formula is C17H18I2O2. The lowest BCUT2D eigenvalue weighted by molar-refractivity contribution is 0.411. The molecule has 2 nitrogen and oxygen atoms in total. The van der Waals surface area contributed by atoms with Crippen molar-refractivity contribution in [2.45, 2.75) is 19.3 Å². The van der Waals surface area contributed by atoms with Gasteiger partial charge in [-0.3, -0.25) is 0 Å². The summed E-state index contributed by atoms with van der Waals surface area (Å²) in [5.74, 6) is 1.90. The molecule has 2 rings (SSSR count). The molecule has 0 bridgehead atoms. The topological polar surface area (TPSA) is 18.5 Å². The largest absolute Gasteiger partial charge is 0.496 e. The fourth-order valence-corrected chi connectivity index (χ4v) is 3.83. The van der Waals surface area contributed by atoms with Crippen LogP contribution in [0.1, 0.15) is 17.5 Å². The van der Waals surface area contributed by atoms with E-state index in [0.717, 1.165) is 30.8 Å². The third kappa shape index (κ3) is 4.74. The molecule has 0 heterocycles. The Bertz CT molecular complexity index is 558. The van der Waals surface area contributed by atoms with Gasteiger partial charge >= 0.3 is 0 Å². The molecule has 112 valence electrons. The Morgan fingerprint density at radius 1 is 0.762 bits per heavy atom. The molecule has 0 aliphatic heterocycles. The van der Waals surface area contributed by atoms with Crippen LogP contribution in [0.2, 0.25) is 0 Å². The molecule has 0 amide bonds. The van der Waals surface area contributed by atoms with Crippen LogP contribution in [-0.4, -0.2) is 14.2 Å². The first-order chi connectivity index (χ1) is 10.1. The first-order valence-corrected chi connectivity index (χ1v) is 8.94. The van der Waals surface area contributed by atoms with Gasteiger partial charge in [-0.05, 0) is 99.8 Å². The zero-order valence-electron chi connectivity index (χ0n) is 12.2. The van der Waals surface area contributed by atoms with Crippen LogP contribution in [0.5, 0.6) is 11.5 Å². The second kappa shape index (κ2) is 8.22. The maximum atomic E-state index is 5.29. The quantitative estimate of drug-likeness (QED) is 0.507. The lowest BCUT2D eigenvalue weighted by Crippen LogP contribution is -1.94. The van der Waals surface area contributed by atoms with Gasteiger partial charge in [0, 0.05) is 0 Å². The van der Waals surface area contributed by atoms with E-state index in [2.05, 4.69) is 69.4 Å². The van der Waals surface area contributed by atoms with E-state index < -0.39 is 0 Å². The zero-order chi connectivity index (χ0) is 15.2. The molecule has 0 aromatic heterocycles. The zero-order valence-corrected chi connectivity index (χ0v) is 16.5. The fraction of sp³-hybridized carbons (Fsp3) is 0.294. The number of halogens is 2. The summed E-state index contributed by atoms with van der Waals surface area (Å²) in [6, 6.07) is 12.8. The van der Waals surface area contributed by atoms with Crippen molar-refractivity contribution >= 4 is 45.2 Å². The van der Waals surface area contributed by atoms with E-state index in [4.69, 9.17) is 9.47 Å². The van der Waals surface area contributed by atoms with Gasteiger partial charge in [-0.1, -0.05) is 12.1 Å². The molecule has 21 heavy (non-hydrogen) atoms. The lowest BCUT2D eigenvalue weighted by Gasteiger charge is -2.08. The summed E-state index contributed by atoms with van der Waals surface area (Å²) in [5.41, 5.74) is 2.73. The summed E-state index contributed by atoms with van der Waals surface area (Å²) in [7, 11) is 3.42. The molecule has 0 N–H and O–H groups in total. The Labute approximate surface area is 153 Å². The third-order valence-electron chi connectivity index (χ3n) is 3.36. The number of hydrogen-bond acceptors (Lipinski definition) is 2. The SMILES string of the molecule is COc1ccc(CCCc2ccc(OC)c(I)c2)cc1I. The van der Waals surface area contributed by atoms with Gasteiger partial charge in [-0.2, -0.15) is 0 Å². The number of methoxy groups -OCH3 is 2. The summed E-state index contributed by atoms with van der Waals surface area (Å²) in [6.07, 6.45) is 3.32. The van der Waals surface area contributed by atoms with E-state index >= 15 is 0 Å². The summed E-state index contributed by atoms with van der Waals surface area (Å²) < 4.78 is 12.9. The Morgan fingerprint density at radius 3 is 1.52 bits per heavy atom. The van der Waals surface area contributed by atoms with Gasteiger partial charge in [0.2, 0.25) is 0 Å². The maximum Gasteiger partial charge on any atom is 0.132 e. The van der Waals surface area contributed by atoms with E-state index in [9.17, 15) is 0 Å². The van der Waals surface area contributed by atoms with Gasteiger partial charge in [0.05, 0.1) is 21.4 Å². The number of hydrogen-bond donors (Lipinski definition) is 0. The molecule has 0 saturated carbocycles. The third-order valence-corrected chi connectivity index (χ3v) is 5.05. The van der Waals surface area contributed by atoms with Crippen molar-refractivity contribution in [1.29, 1.82) is 0 Å². The van der Waals surface area contributed by atoms with Crippen LogP contribution in [-0.2, 0) is 12.8 Å². The van der Waals surface area contributed by atoms with E-state index in [1.807, 2.05) is 12.1 Å². The van der Waals surface area contributed by atoms with E-state index in [0.29, 0.717) is 0 Å². The van der Waals surface area contributed by atoms with Crippen molar-refractivity contribution in [3.8, 4) is 11.5 Å². The molecule has 0 fully saturated rings. The Balaban J connectivity index is 1.92. The predicted octanol–water partition coefficient (Wildman–Crippen LogP) is 5.09. The fourth-order valence-electron chi connectivity index (χ4n) is 2.23. The highest BCUT2D eigenvalue weighted by Crippen LogP contribution is 2.24. The molecule has 0 spiro atoms. The molecule has 2 aromatic rings. The summed E-state index contributed by atoms with van der Waals surface area (Å²) in [6.45, 7) is 0. The van der Waals surface area contributed by atoms with Crippen LogP contribution in [0.3, 0.4) is 0 Å². The van der Waals surface area contributed by atoms with Crippen LogP contribution in [0.15, 0.2) is 36.4 Å². The average molecular weight is 508 g/mol. The van der Waals surface area contributed by atoms with E-state index in [-0.39, 0.29) is 0 Å². The molecule has 4 heteroatoms. The molecular weight excluding hydrogens is 490 g/mol. The van der Waals surface area contributed by atoms with Gasteiger partial charge in [-0.15, -0.1) is 0 Å². The molecule has 0 unspecified atom stereocenters. The lowest BCUT2D eigenvalue weighted by atomic mass is 10.0. The van der Waals surface area contributed by atoms with Crippen LogP contribution in [0, 0.1) is 7.14 Å². The summed E-state index contributed by atoms with van der Waals surface area (Å²) in [4.78, 5) is 0. The second-order valence-corrected chi connectivity index (χ2v) is 7.12. The van der Waals surface area contributed by atoms with Crippen molar-refractivity contribution in [2.75, 3.05) is 14.2 Å². The van der Waals surface area contributed by atoms with Crippen LogP contribution in [0.25, 0.3) is 0 Å². The highest BCUT2D eigenvalue weighted by atomic mass is 127. The van der Waals surface area contributed by atoms with Gasteiger partial charge in [0.25, 0.3) is 0 Å². The summed E-state index contributed by atoms with van der Waals surface area (Å²) >= 11 is 4.64. The van der Waals surface area contributed by atoms with Gasteiger partial charge in [0.15, 0.2) is 0 Å². The average Bonchev–Trinajstić information content (AvgIpc) is 2.48. The number of aryl methyl sites for hydroxylation is 2. The van der Waals surface area contributed by atoms with E-state index in [1.54, 1.807) is 14.2 Å². The van der Waals surface area contributed by atoms with Crippen molar-refractivity contribution < 1.29 is 9.47 Å². The van der Waals surface area contributed by atoms with Crippen LogP contribution >= 0.6 is 45.2 Å². The highest BCUT2D eigenvalue weighted by molar-refractivity contribution is 14.1. The van der Waals surface area contributed by atoms with Gasteiger partial charge in [0.1, 0.15) is 11.5 Å².